The largest absolute Gasteiger partial charge is 0.416 e. The van der Waals surface area contributed by atoms with Crippen molar-refractivity contribution in [3.8, 4) is 0 Å². The molecular formula is C22H25F3N4O. The average Bonchev–Trinajstić information content (AvgIpc) is 2.72. The topological polar surface area (TPSA) is 49.3 Å². The fourth-order valence-corrected chi connectivity index (χ4v) is 4.26. The monoisotopic (exact) mass is 418 g/mol. The molecule has 0 saturated carbocycles. The smallest absolute Gasteiger partial charge is 0.365 e. The van der Waals surface area contributed by atoms with Crippen LogP contribution in [0.4, 0.5) is 18.9 Å². The average molecular weight is 418 g/mol. The molecule has 0 N–H and O–H groups in total. The van der Waals surface area contributed by atoms with Crippen LogP contribution in [-0.4, -0.2) is 40.6 Å². The van der Waals surface area contributed by atoms with Crippen LogP contribution in [0.1, 0.15) is 52.5 Å². The first-order valence-corrected chi connectivity index (χ1v) is 10.3. The molecule has 1 saturated heterocycles. The molecular weight excluding hydrogens is 393 g/mol. The predicted molar refractivity (Wildman–Crippen MR) is 107 cm³/mol. The summed E-state index contributed by atoms with van der Waals surface area (Å²) in [6, 6.07) is 3.94. The van der Waals surface area contributed by atoms with Gasteiger partial charge in [-0.15, -0.1) is 5.10 Å². The van der Waals surface area contributed by atoms with Gasteiger partial charge in [-0.2, -0.15) is 18.3 Å². The van der Waals surface area contributed by atoms with E-state index in [4.69, 9.17) is 0 Å². The molecule has 2 aromatic rings. The number of piperidine rings is 1. The van der Waals surface area contributed by atoms with Crippen molar-refractivity contribution in [1.82, 2.24) is 15.1 Å². The van der Waals surface area contributed by atoms with E-state index in [1.807, 2.05) is 16.7 Å². The molecule has 1 amide bonds. The molecule has 1 fully saturated rings. The van der Waals surface area contributed by atoms with Crippen LogP contribution < -0.4 is 4.90 Å². The number of benzene rings is 1. The molecule has 2 aliphatic heterocycles. The fourth-order valence-electron chi connectivity index (χ4n) is 4.26. The molecule has 0 unspecified atom stereocenters. The van der Waals surface area contributed by atoms with Gasteiger partial charge >= 0.3 is 6.18 Å². The molecule has 4 rings (SSSR count). The first-order valence-electron chi connectivity index (χ1n) is 10.3. The minimum Gasteiger partial charge on any atom is -0.365 e. The van der Waals surface area contributed by atoms with E-state index in [0.717, 1.165) is 35.7 Å². The molecule has 1 aromatic heterocycles. The quantitative estimate of drug-likeness (QED) is 0.732. The first-order chi connectivity index (χ1) is 14.2. The number of halogens is 3. The second kappa shape index (κ2) is 7.89. The summed E-state index contributed by atoms with van der Waals surface area (Å²) in [5.74, 6) is 0.494. The lowest BCUT2D eigenvalue weighted by Crippen LogP contribution is -2.39. The highest BCUT2D eigenvalue weighted by molar-refractivity contribution is 5.95. The summed E-state index contributed by atoms with van der Waals surface area (Å²) in [5.41, 5.74) is 2.76. The van der Waals surface area contributed by atoms with E-state index in [1.54, 1.807) is 12.3 Å². The fraction of sp³-hybridized carbons (Fsp3) is 0.500. The highest BCUT2D eigenvalue weighted by Crippen LogP contribution is 2.34. The van der Waals surface area contributed by atoms with E-state index in [0.29, 0.717) is 49.8 Å². The number of fused-ring (bicyclic) bond motifs is 1. The normalized spacial score (nSPS) is 17.8. The second-order valence-electron chi connectivity index (χ2n) is 8.33. The highest BCUT2D eigenvalue weighted by atomic mass is 19.4. The van der Waals surface area contributed by atoms with Gasteiger partial charge in [0.25, 0.3) is 5.91 Å². The third kappa shape index (κ3) is 4.00. The van der Waals surface area contributed by atoms with Crippen molar-refractivity contribution < 1.29 is 18.0 Å². The van der Waals surface area contributed by atoms with Crippen LogP contribution in [0.25, 0.3) is 0 Å². The van der Waals surface area contributed by atoms with E-state index in [1.165, 1.54) is 6.07 Å². The van der Waals surface area contributed by atoms with E-state index in [-0.39, 0.29) is 5.91 Å². The van der Waals surface area contributed by atoms with Crippen molar-refractivity contribution in [2.75, 3.05) is 24.5 Å². The van der Waals surface area contributed by atoms with Gasteiger partial charge in [0, 0.05) is 31.7 Å². The number of carbonyl (C=O) groups excluding carboxylic acids is 1. The van der Waals surface area contributed by atoms with Gasteiger partial charge in [0.1, 0.15) is 0 Å². The predicted octanol–water partition coefficient (Wildman–Crippen LogP) is 4.24. The van der Waals surface area contributed by atoms with Crippen molar-refractivity contribution in [2.45, 2.75) is 45.8 Å². The molecule has 30 heavy (non-hydrogen) atoms. The zero-order chi connectivity index (χ0) is 21.5. The maximum absolute atomic E-state index is 13.1. The van der Waals surface area contributed by atoms with Crippen LogP contribution in [0.3, 0.4) is 0 Å². The Labute approximate surface area is 173 Å². The minimum absolute atomic E-state index is 0.120. The van der Waals surface area contributed by atoms with Crippen molar-refractivity contribution in [3.05, 3.63) is 52.3 Å². The number of alkyl halides is 3. The van der Waals surface area contributed by atoms with Gasteiger partial charge in [-0.25, -0.2) is 0 Å². The standard InChI is InChI=1S/C22H25F3N4O/c1-14-5-8-28(9-6-14)21(30)20-15(2)19(12-26-27-20)29-10-7-16-3-4-18(22(23,24)25)11-17(16)13-29/h3-4,11-12,14H,5-10,13H2,1-2H3. The molecule has 0 bridgehead atoms. The molecule has 2 aliphatic rings. The lowest BCUT2D eigenvalue weighted by molar-refractivity contribution is -0.137. The number of rotatable bonds is 2. The molecule has 0 aliphatic carbocycles. The van der Waals surface area contributed by atoms with Crippen LogP contribution in [0.5, 0.6) is 0 Å². The summed E-state index contributed by atoms with van der Waals surface area (Å²) >= 11 is 0. The molecule has 160 valence electrons. The molecule has 1 aromatic carbocycles. The number of likely N-dealkylation sites (tertiary alicyclic amines) is 1. The highest BCUT2D eigenvalue weighted by Gasteiger charge is 2.32. The van der Waals surface area contributed by atoms with Crippen LogP contribution in [0, 0.1) is 12.8 Å². The lowest BCUT2D eigenvalue weighted by atomic mass is 9.96. The van der Waals surface area contributed by atoms with Crippen LogP contribution >= 0.6 is 0 Å². The maximum atomic E-state index is 13.1. The zero-order valence-corrected chi connectivity index (χ0v) is 17.2. The molecule has 3 heterocycles. The van der Waals surface area contributed by atoms with Crippen LogP contribution in [0.2, 0.25) is 0 Å². The number of carbonyl (C=O) groups is 1. The third-order valence-corrected chi connectivity index (χ3v) is 6.24. The number of aromatic nitrogens is 2. The Hall–Kier alpha value is -2.64. The number of nitrogens with zero attached hydrogens (tertiary/aromatic N) is 4. The van der Waals surface area contributed by atoms with Gasteiger partial charge in [-0.3, -0.25) is 4.79 Å². The van der Waals surface area contributed by atoms with E-state index in [2.05, 4.69) is 17.1 Å². The van der Waals surface area contributed by atoms with Crippen LogP contribution in [0.15, 0.2) is 24.4 Å². The summed E-state index contributed by atoms with van der Waals surface area (Å²) in [7, 11) is 0. The SMILES string of the molecule is Cc1c(N2CCc3ccc(C(F)(F)F)cc3C2)cnnc1C(=O)N1CCC(C)CC1. The summed E-state index contributed by atoms with van der Waals surface area (Å²) in [6.45, 7) is 6.45. The molecule has 0 radical (unpaired) electrons. The first kappa shape index (κ1) is 20.6. The van der Waals surface area contributed by atoms with Gasteiger partial charge in [-0.1, -0.05) is 13.0 Å². The van der Waals surface area contributed by atoms with Crippen LogP contribution in [-0.2, 0) is 19.1 Å². The van der Waals surface area contributed by atoms with Crippen molar-refractivity contribution in [2.24, 2.45) is 5.92 Å². The van der Waals surface area contributed by atoms with Crippen molar-refractivity contribution in [3.63, 3.8) is 0 Å². The molecule has 8 heteroatoms. The van der Waals surface area contributed by atoms with Gasteiger partial charge in [0.15, 0.2) is 5.69 Å². The van der Waals surface area contributed by atoms with Gasteiger partial charge in [0.2, 0.25) is 0 Å². The van der Waals surface area contributed by atoms with Gasteiger partial charge in [0.05, 0.1) is 17.4 Å². The summed E-state index contributed by atoms with van der Waals surface area (Å²) in [4.78, 5) is 16.8. The van der Waals surface area contributed by atoms with Crippen molar-refractivity contribution in [1.29, 1.82) is 0 Å². The molecule has 0 spiro atoms. The zero-order valence-electron chi connectivity index (χ0n) is 17.2. The second-order valence-corrected chi connectivity index (χ2v) is 8.33. The van der Waals surface area contributed by atoms with E-state index < -0.39 is 11.7 Å². The Morgan fingerprint density at radius 1 is 1.13 bits per heavy atom. The Kier molecular flexibility index (Phi) is 5.42. The van der Waals surface area contributed by atoms with Gasteiger partial charge in [-0.05, 0) is 55.4 Å². The number of amides is 1. The van der Waals surface area contributed by atoms with E-state index in [9.17, 15) is 18.0 Å². The summed E-state index contributed by atoms with van der Waals surface area (Å²) in [5, 5.41) is 8.15. The minimum atomic E-state index is -4.36. The summed E-state index contributed by atoms with van der Waals surface area (Å²) < 4.78 is 39.3. The van der Waals surface area contributed by atoms with E-state index >= 15 is 0 Å². The molecule has 5 nitrogen and oxygen atoms in total. The number of hydrogen-bond donors (Lipinski definition) is 0. The molecule has 0 atom stereocenters. The maximum Gasteiger partial charge on any atom is 0.416 e. The number of hydrogen-bond acceptors (Lipinski definition) is 4. The Balaban J connectivity index is 1.58. The van der Waals surface area contributed by atoms with Gasteiger partial charge < -0.3 is 9.80 Å². The Bertz CT molecular complexity index is 952. The Morgan fingerprint density at radius 3 is 2.57 bits per heavy atom. The number of anilines is 1. The third-order valence-electron chi connectivity index (χ3n) is 6.24. The Morgan fingerprint density at radius 2 is 1.87 bits per heavy atom. The summed E-state index contributed by atoms with van der Waals surface area (Å²) in [6.07, 6.45) is -0.173. The van der Waals surface area contributed by atoms with Crippen molar-refractivity contribution >= 4 is 11.6 Å². The lowest BCUT2D eigenvalue weighted by Gasteiger charge is -2.33.